The fourth-order valence-electron chi connectivity index (χ4n) is 2.76. The summed E-state index contributed by atoms with van der Waals surface area (Å²) in [6.45, 7) is 2.73. The summed E-state index contributed by atoms with van der Waals surface area (Å²) in [6.07, 6.45) is 5.45. The Kier molecular flexibility index (Phi) is 11.5. The van der Waals surface area contributed by atoms with Gasteiger partial charge in [-0.25, -0.2) is 4.79 Å². The van der Waals surface area contributed by atoms with Crippen molar-refractivity contribution in [3.63, 3.8) is 0 Å². The maximum atomic E-state index is 12.1. The van der Waals surface area contributed by atoms with Gasteiger partial charge in [-0.1, -0.05) is 30.4 Å². The molecular weight excluding hydrogens is 391 g/mol. The number of amides is 1. The fourth-order valence-corrected chi connectivity index (χ4v) is 2.76. The topological polar surface area (TPSA) is 159 Å². The van der Waals surface area contributed by atoms with Crippen LogP contribution in [0.25, 0.3) is 0 Å². The molecule has 1 rings (SSSR count). The lowest BCUT2D eigenvalue weighted by Gasteiger charge is -2.18. The first kappa shape index (κ1) is 25.4. The molecule has 0 unspecified atom stereocenters. The Morgan fingerprint density at radius 1 is 1.27 bits per heavy atom. The van der Waals surface area contributed by atoms with Crippen molar-refractivity contribution in [3.8, 4) is 5.75 Å². The standard InChI is InChI=1S/C20H29BN2O7/c1-2-4-14(12-22-9-10-24)7-8-18(25)23-13-16(21(29)30)11-15-5-3-6-17(19(15)26)20(27)28/h2-7,16,22,24,26,29-30H,8-13H2,1H3,(H,23,25)(H,27,28)/b4-2-,14-7+/t16-/m1/s1. The van der Waals surface area contributed by atoms with Crippen LogP contribution in [0.5, 0.6) is 5.75 Å². The summed E-state index contributed by atoms with van der Waals surface area (Å²) in [6, 6.07) is 4.19. The second-order valence-electron chi connectivity index (χ2n) is 6.68. The Bertz CT molecular complexity index is 766. The molecule has 0 aliphatic carbocycles. The lowest BCUT2D eigenvalue weighted by molar-refractivity contribution is -0.120. The van der Waals surface area contributed by atoms with Crippen LogP contribution in [-0.2, 0) is 11.2 Å². The number of nitrogens with one attached hydrogen (secondary N) is 2. The van der Waals surface area contributed by atoms with Crippen molar-refractivity contribution in [3.05, 3.63) is 53.1 Å². The largest absolute Gasteiger partial charge is 0.507 e. The van der Waals surface area contributed by atoms with Gasteiger partial charge in [-0.05, 0) is 30.5 Å². The number of aromatic carboxylic acids is 1. The minimum absolute atomic E-state index is 0.0133. The number of carboxylic acids is 1. The number of carboxylic acid groups (broad SMARTS) is 1. The molecule has 0 spiro atoms. The Morgan fingerprint density at radius 2 is 2.00 bits per heavy atom. The summed E-state index contributed by atoms with van der Waals surface area (Å²) in [5, 5.41) is 52.9. The Labute approximate surface area is 175 Å². The van der Waals surface area contributed by atoms with E-state index in [2.05, 4.69) is 10.6 Å². The van der Waals surface area contributed by atoms with E-state index >= 15 is 0 Å². The van der Waals surface area contributed by atoms with Crippen LogP contribution in [-0.4, -0.2) is 70.6 Å². The second-order valence-corrected chi connectivity index (χ2v) is 6.68. The average molecular weight is 420 g/mol. The number of aromatic hydroxyl groups is 1. The number of aliphatic hydroxyl groups excluding tert-OH is 1. The second kappa shape index (κ2) is 13.5. The molecule has 0 saturated carbocycles. The molecule has 0 saturated heterocycles. The maximum Gasteiger partial charge on any atom is 0.456 e. The maximum absolute atomic E-state index is 12.1. The summed E-state index contributed by atoms with van der Waals surface area (Å²) in [7, 11) is -1.77. The molecule has 1 aromatic rings. The van der Waals surface area contributed by atoms with Gasteiger partial charge in [-0.3, -0.25) is 4.79 Å². The van der Waals surface area contributed by atoms with Crippen molar-refractivity contribution < 1.29 is 35.0 Å². The van der Waals surface area contributed by atoms with Crippen molar-refractivity contribution in [1.82, 2.24) is 10.6 Å². The van der Waals surface area contributed by atoms with Gasteiger partial charge in [0.15, 0.2) is 0 Å². The van der Waals surface area contributed by atoms with E-state index in [1.54, 1.807) is 6.08 Å². The highest BCUT2D eigenvalue weighted by Crippen LogP contribution is 2.27. The molecule has 0 radical (unpaired) electrons. The number of benzene rings is 1. The van der Waals surface area contributed by atoms with E-state index in [1.807, 2.05) is 19.1 Å². The van der Waals surface area contributed by atoms with Crippen LogP contribution in [0.3, 0.4) is 0 Å². The normalized spacial score (nSPS) is 12.7. The van der Waals surface area contributed by atoms with E-state index < -0.39 is 24.7 Å². The molecule has 1 atom stereocenters. The van der Waals surface area contributed by atoms with Gasteiger partial charge in [0.2, 0.25) is 5.91 Å². The highest BCUT2D eigenvalue weighted by Gasteiger charge is 2.26. The third kappa shape index (κ3) is 8.79. The molecule has 9 nitrogen and oxygen atoms in total. The van der Waals surface area contributed by atoms with Crippen LogP contribution >= 0.6 is 0 Å². The first-order valence-electron chi connectivity index (χ1n) is 9.60. The number of rotatable bonds is 13. The molecule has 0 bridgehead atoms. The number of phenols is 1. The lowest BCUT2D eigenvalue weighted by Crippen LogP contribution is -2.34. The van der Waals surface area contributed by atoms with E-state index in [9.17, 15) is 24.7 Å². The first-order valence-corrected chi connectivity index (χ1v) is 9.60. The zero-order valence-corrected chi connectivity index (χ0v) is 16.9. The SMILES string of the molecule is C/C=C\C(=C/CC(=O)NC[C@@H](Cc1cccc(C(=O)O)c1O)B(O)O)CNCCO. The average Bonchev–Trinajstić information content (AvgIpc) is 2.70. The van der Waals surface area contributed by atoms with Gasteiger partial charge < -0.3 is 36.0 Å². The number of para-hydroxylation sites is 1. The van der Waals surface area contributed by atoms with Crippen molar-refractivity contribution in [2.75, 3.05) is 26.2 Å². The van der Waals surface area contributed by atoms with Crippen molar-refractivity contribution in [2.24, 2.45) is 0 Å². The van der Waals surface area contributed by atoms with Gasteiger partial charge >= 0.3 is 13.1 Å². The van der Waals surface area contributed by atoms with Crippen molar-refractivity contribution in [1.29, 1.82) is 0 Å². The molecule has 1 aromatic carbocycles. The quantitative estimate of drug-likeness (QED) is 0.134. The molecule has 164 valence electrons. The predicted octanol–water partition coefficient (Wildman–Crippen LogP) is 0.0666. The Balaban J connectivity index is 2.70. The van der Waals surface area contributed by atoms with Crippen LogP contribution in [0.2, 0.25) is 5.82 Å². The van der Waals surface area contributed by atoms with Crippen LogP contribution in [0.1, 0.15) is 29.3 Å². The number of hydrogen-bond acceptors (Lipinski definition) is 7. The van der Waals surface area contributed by atoms with Crippen molar-refractivity contribution >= 4 is 19.0 Å². The van der Waals surface area contributed by atoms with Crippen LogP contribution in [0.4, 0.5) is 0 Å². The number of carbonyl (C=O) groups is 2. The smallest absolute Gasteiger partial charge is 0.456 e. The van der Waals surface area contributed by atoms with E-state index in [0.29, 0.717) is 13.1 Å². The van der Waals surface area contributed by atoms with Crippen LogP contribution < -0.4 is 10.6 Å². The monoisotopic (exact) mass is 420 g/mol. The number of aliphatic hydroxyl groups is 1. The molecule has 1 amide bonds. The summed E-state index contributed by atoms with van der Waals surface area (Å²) in [4.78, 5) is 23.3. The number of hydrogen-bond donors (Lipinski definition) is 7. The van der Waals surface area contributed by atoms with Gasteiger partial charge in [0.25, 0.3) is 0 Å². The summed E-state index contributed by atoms with van der Waals surface area (Å²) >= 11 is 0. The highest BCUT2D eigenvalue weighted by molar-refractivity contribution is 6.43. The van der Waals surface area contributed by atoms with Gasteiger partial charge in [0.1, 0.15) is 11.3 Å². The number of carbonyl (C=O) groups excluding carboxylic acids is 1. The third-order valence-electron chi connectivity index (χ3n) is 4.36. The third-order valence-corrected chi connectivity index (χ3v) is 4.36. The van der Waals surface area contributed by atoms with Gasteiger partial charge in [0, 0.05) is 31.9 Å². The number of allylic oxidation sites excluding steroid dienone is 1. The molecule has 0 fully saturated rings. The molecular formula is C20H29BN2O7. The summed E-state index contributed by atoms with van der Waals surface area (Å²) in [5.41, 5.74) is 0.835. The lowest BCUT2D eigenvalue weighted by atomic mass is 9.69. The molecule has 0 aliphatic rings. The molecule has 0 aromatic heterocycles. The highest BCUT2D eigenvalue weighted by atomic mass is 16.4. The first-order chi connectivity index (χ1) is 14.3. The van der Waals surface area contributed by atoms with E-state index in [-0.39, 0.29) is 43.0 Å². The minimum atomic E-state index is -1.77. The fraction of sp³-hybridized carbons (Fsp3) is 0.400. The van der Waals surface area contributed by atoms with Gasteiger partial charge in [-0.2, -0.15) is 0 Å². The predicted molar refractivity (Wildman–Crippen MR) is 113 cm³/mol. The zero-order valence-electron chi connectivity index (χ0n) is 16.9. The van der Waals surface area contributed by atoms with Crippen LogP contribution in [0.15, 0.2) is 42.0 Å². The molecule has 0 heterocycles. The Morgan fingerprint density at radius 3 is 2.60 bits per heavy atom. The summed E-state index contributed by atoms with van der Waals surface area (Å²) < 4.78 is 0. The van der Waals surface area contributed by atoms with Crippen molar-refractivity contribution in [2.45, 2.75) is 25.6 Å². The van der Waals surface area contributed by atoms with E-state index in [0.717, 1.165) is 5.57 Å². The molecule has 7 N–H and O–H groups in total. The van der Waals surface area contributed by atoms with E-state index in [4.69, 9.17) is 10.2 Å². The zero-order chi connectivity index (χ0) is 22.5. The Hall–Kier alpha value is -2.66. The minimum Gasteiger partial charge on any atom is -0.507 e. The molecule has 0 aliphatic heterocycles. The summed E-state index contributed by atoms with van der Waals surface area (Å²) in [5.74, 6) is -2.89. The van der Waals surface area contributed by atoms with Gasteiger partial charge in [-0.15, -0.1) is 0 Å². The molecule has 10 heteroatoms. The van der Waals surface area contributed by atoms with Gasteiger partial charge in [0.05, 0.1) is 6.61 Å². The van der Waals surface area contributed by atoms with E-state index in [1.165, 1.54) is 18.2 Å². The molecule has 30 heavy (non-hydrogen) atoms. The van der Waals surface area contributed by atoms with Crippen LogP contribution in [0, 0.1) is 0 Å².